The largest absolute Gasteiger partial charge is 0.490 e. The van der Waals surface area contributed by atoms with E-state index in [-0.39, 0.29) is 6.01 Å². The topological polar surface area (TPSA) is 60.5 Å². The molecule has 21 heavy (non-hydrogen) atoms. The van der Waals surface area contributed by atoms with Crippen LogP contribution in [0.5, 0.6) is 5.75 Å². The second kappa shape index (κ2) is 6.53. The maximum Gasteiger partial charge on any atom is 0.344 e. The van der Waals surface area contributed by atoms with E-state index in [1.54, 1.807) is 23.5 Å². The monoisotopic (exact) mass is 321 g/mol. The minimum Gasteiger partial charge on any atom is -0.490 e. The van der Waals surface area contributed by atoms with Gasteiger partial charge in [0.2, 0.25) is 5.89 Å². The van der Waals surface area contributed by atoms with Crippen molar-refractivity contribution in [3.63, 3.8) is 0 Å². The van der Waals surface area contributed by atoms with Crippen LogP contribution in [0.15, 0.2) is 33.7 Å². The van der Waals surface area contributed by atoms with Crippen LogP contribution in [0.25, 0.3) is 11.5 Å². The fourth-order valence-corrected chi connectivity index (χ4v) is 2.69. The Balaban J connectivity index is 1.74. The molecule has 1 aromatic heterocycles. The highest BCUT2D eigenvalue weighted by atomic mass is 32.2. The van der Waals surface area contributed by atoms with Crippen molar-refractivity contribution in [1.29, 1.82) is 0 Å². The maximum absolute atomic E-state index is 5.71. The summed E-state index contributed by atoms with van der Waals surface area (Å²) in [4.78, 5) is 4.28. The lowest BCUT2D eigenvalue weighted by Crippen LogP contribution is -1.95. The van der Waals surface area contributed by atoms with E-state index in [0.29, 0.717) is 12.0 Å². The lowest BCUT2D eigenvalue weighted by molar-refractivity contribution is 0.303. The van der Waals surface area contributed by atoms with Crippen molar-refractivity contribution in [3.8, 4) is 17.2 Å². The lowest BCUT2D eigenvalue weighted by atomic mass is 10.2. The molecule has 0 spiro atoms. The molecule has 0 amide bonds. The summed E-state index contributed by atoms with van der Waals surface area (Å²) in [5.74, 6) is 1.35. The Kier molecular flexibility index (Phi) is 4.50. The van der Waals surface area contributed by atoms with Gasteiger partial charge in [-0.3, -0.25) is 0 Å². The predicted molar refractivity (Wildman–Crippen MR) is 87.5 cm³/mol. The summed E-state index contributed by atoms with van der Waals surface area (Å²) < 4.78 is 12.2. The zero-order valence-corrected chi connectivity index (χ0v) is 13.4. The van der Waals surface area contributed by atoms with Crippen molar-refractivity contribution in [2.45, 2.75) is 18.9 Å². The zero-order chi connectivity index (χ0) is 14.7. The van der Waals surface area contributed by atoms with Crippen LogP contribution >= 0.6 is 23.5 Å². The molecule has 0 atom stereocenters. The molecule has 0 aliphatic heterocycles. The predicted octanol–water partition coefficient (Wildman–Crippen LogP) is 3.99. The first-order chi connectivity index (χ1) is 10.3. The molecule has 1 aromatic carbocycles. The van der Waals surface area contributed by atoms with E-state index >= 15 is 0 Å². The van der Waals surface area contributed by atoms with Gasteiger partial charge in [0, 0.05) is 5.56 Å². The molecule has 1 fully saturated rings. The summed E-state index contributed by atoms with van der Waals surface area (Å²) in [6.07, 6.45) is 6.63. The van der Waals surface area contributed by atoms with Crippen molar-refractivity contribution in [1.82, 2.24) is 10.2 Å². The van der Waals surface area contributed by atoms with Crippen LogP contribution in [0, 0.1) is 0 Å². The number of ether oxygens (including phenoxy) is 1. The van der Waals surface area contributed by atoms with Gasteiger partial charge >= 0.3 is 6.01 Å². The van der Waals surface area contributed by atoms with E-state index < -0.39 is 0 Å². The van der Waals surface area contributed by atoms with Gasteiger partial charge in [-0.1, -0.05) is 5.10 Å². The van der Waals surface area contributed by atoms with Crippen LogP contribution in [-0.2, 0) is 0 Å². The molecule has 1 aliphatic carbocycles. The number of benzene rings is 1. The van der Waals surface area contributed by atoms with Gasteiger partial charge in [0.1, 0.15) is 10.1 Å². The van der Waals surface area contributed by atoms with Gasteiger partial charge in [0.25, 0.3) is 0 Å². The summed E-state index contributed by atoms with van der Waals surface area (Å²) in [5.41, 5.74) is 0.863. The molecule has 5 nitrogen and oxygen atoms in total. The van der Waals surface area contributed by atoms with Gasteiger partial charge in [-0.2, -0.15) is 4.99 Å². The van der Waals surface area contributed by atoms with E-state index in [0.717, 1.165) is 28.5 Å². The molecular formula is C14H15N3O2S2. The second-order valence-electron chi connectivity index (χ2n) is 4.52. The van der Waals surface area contributed by atoms with E-state index in [1.165, 1.54) is 0 Å². The zero-order valence-electron chi connectivity index (χ0n) is 11.8. The minimum atomic E-state index is 0.280. The Morgan fingerprint density at radius 2 is 1.90 bits per heavy atom. The normalized spacial score (nSPS) is 14.0. The van der Waals surface area contributed by atoms with Crippen LogP contribution in [-0.4, -0.2) is 33.2 Å². The van der Waals surface area contributed by atoms with Crippen LogP contribution in [0.4, 0.5) is 6.01 Å². The first kappa shape index (κ1) is 14.5. The number of nitrogens with zero attached hydrogens (tertiary/aromatic N) is 3. The molecule has 2 aromatic rings. The Morgan fingerprint density at radius 3 is 2.52 bits per heavy atom. The highest BCUT2D eigenvalue weighted by Gasteiger charge is 2.23. The molecule has 1 saturated carbocycles. The van der Waals surface area contributed by atoms with E-state index in [4.69, 9.17) is 9.15 Å². The van der Waals surface area contributed by atoms with Gasteiger partial charge < -0.3 is 9.15 Å². The van der Waals surface area contributed by atoms with Crippen molar-refractivity contribution in [3.05, 3.63) is 24.3 Å². The molecule has 0 unspecified atom stereocenters. The fraction of sp³-hybridized carbons (Fsp3) is 0.357. The summed E-state index contributed by atoms with van der Waals surface area (Å²) in [5, 5.41) is 7.97. The Bertz CT molecular complexity index is 630. The molecular weight excluding hydrogens is 306 g/mol. The third kappa shape index (κ3) is 3.79. The molecule has 0 N–H and O–H groups in total. The molecule has 1 aliphatic rings. The van der Waals surface area contributed by atoms with Gasteiger partial charge in [-0.25, -0.2) is 0 Å². The summed E-state index contributed by atoms with van der Waals surface area (Å²) in [7, 11) is 0. The maximum atomic E-state index is 5.71. The van der Waals surface area contributed by atoms with Crippen LogP contribution in [0.2, 0.25) is 0 Å². The van der Waals surface area contributed by atoms with Gasteiger partial charge in [0.05, 0.1) is 6.10 Å². The summed E-state index contributed by atoms with van der Waals surface area (Å²) in [6.45, 7) is 0. The number of aromatic nitrogens is 2. The summed E-state index contributed by atoms with van der Waals surface area (Å²) >= 11 is 3.10. The van der Waals surface area contributed by atoms with Crippen LogP contribution in [0.3, 0.4) is 0 Å². The van der Waals surface area contributed by atoms with Gasteiger partial charge in [0.15, 0.2) is 0 Å². The molecule has 3 rings (SSSR count). The van der Waals surface area contributed by atoms with Crippen LogP contribution < -0.4 is 4.74 Å². The number of rotatable bonds is 4. The van der Waals surface area contributed by atoms with E-state index in [9.17, 15) is 0 Å². The average molecular weight is 321 g/mol. The smallest absolute Gasteiger partial charge is 0.344 e. The Morgan fingerprint density at radius 1 is 1.19 bits per heavy atom. The Labute approximate surface area is 131 Å². The highest BCUT2D eigenvalue weighted by molar-refractivity contribution is 8.38. The first-order valence-electron chi connectivity index (χ1n) is 6.56. The molecule has 0 bridgehead atoms. The number of hydrogen-bond acceptors (Lipinski definition) is 7. The van der Waals surface area contributed by atoms with Crippen molar-refractivity contribution < 1.29 is 9.15 Å². The second-order valence-corrected chi connectivity index (χ2v) is 6.37. The van der Waals surface area contributed by atoms with Crippen LogP contribution in [0.1, 0.15) is 12.8 Å². The Hall–Kier alpha value is -1.47. The summed E-state index contributed by atoms with van der Waals surface area (Å²) in [6, 6.07) is 7.97. The standard InChI is InChI=1S/C14H15N3O2S2/c1-20-14(21-2)15-13-17-16-12(19-13)9-3-5-10(6-4-9)18-11-7-8-11/h3-6,11H,7-8H2,1-2H3. The third-order valence-corrected chi connectivity index (χ3v) is 4.76. The van der Waals surface area contributed by atoms with E-state index in [1.807, 2.05) is 36.8 Å². The average Bonchev–Trinajstić information content (AvgIpc) is 3.21. The SMILES string of the molecule is CSC(=Nc1nnc(-c2ccc(OC3CC3)cc2)o1)SC. The fourth-order valence-electron chi connectivity index (χ4n) is 1.68. The first-order valence-corrected chi connectivity index (χ1v) is 9.00. The molecule has 0 saturated heterocycles. The number of thioether (sulfide) groups is 2. The van der Waals surface area contributed by atoms with Gasteiger partial charge in [-0.15, -0.1) is 28.6 Å². The minimum absolute atomic E-state index is 0.280. The lowest BCUT2D eigenvalue weighted by Gasteiger charge is -2.03. The number of hydrogen-bond donors (Lipinski definition) is 0. The van der Waals surface area contributed by atoms with Gasteiger partial charge in [-0.05, 0) is 49.6 Å². The highest BCUT2D eigenvalue weighted by Crippen LogP contribution is 2.29. The molecule has 110 valence electrons. The number of aliphatic imine (C=N–C) groups is 1. The third-order valence-electron chi connectivity index (χ3n) is 2.88. The molecule has 7 heteroatoms. The quantitative estimate of drug-likeness (QED) is 0.627. The molecule has 1 heterocycles. The van der Waals surface area contributed by atoms with Crippen molar-refractivity contribution in [2.24, 2.45) is 4.99 Å². The molecule has 0 radical (unpaired) electrons. The van der Waals surface area contributed by atoms with Crippen molar-refractivity contribution >= 4 is 33.9 Å². The van der Waals surface area contributed by atoms with E-state index in [2.05, 4.69) is 15.2 Å². The van der Waals surface area contributed by atoms with Crippen molar-refractivity contribution in [2.75, 3.05) is 12.5 Å².